The first-order valence-corrected chi connectivity index (χ1v) is 7.35. The van der Waals surface area contributed by atoms with Crippen molar-refractivity contribution < 1.29 is 0 Å². The van der Waals surface area contributed by atoms with Gasteiger partial charge in [0.15, 0.2) is 0 Å². The predicted octanol–water partition coefficient (Wildman–Crippen LogP) is 3.72. The van der Waals surface area contributed by atoms with Crippen LogP contribution in [0.1, 0.15) is 57.5 Å². The molecule has 1 aliphatic rings. The van der Waals surface area contributed by atoms with E-state index in [1.54, 1.807) is 0 Å². The van der Waals surface area contributed by atoms with Crippen LogP contribution in [0.2, 0.25) is 0 Å². The third-order valence-electron chi connectivity index (χ3n) is 3.62. The summed E-state index contributed by atoms with van der Waals surface area (Å²) in [6.07, 6.45) is 5.77. The van der Waals surface area contributed by atoms with Gasteiger partial charge in [-0.2, -0.15) is 0 Å². The molecule has 2 rings (SSSR count). The van der Waals surface area contributed by atoms with Gasteiger partial charge in [-0.3, -0.25) is 0 Å². The average Bonchev–Trinajstić information content (AvgIpc) is 2.38. The molecule has 1 aliphatic heterocycles. The second kappa shape index (κ2) is 5.87. The number of rotatable bonds is 3. The summed E-state index contributed by atoms with van der Waals surface area (Å²) in [7, 11) is 0. The van der Waals surface area contributed by atoms with Crippen LogP contribution in [0.15, 0.2) is 6.20 Å². The Balaban J connectivity index is 2.31. The zero-order valence-corrected chi connectivity index (χ0v) is 12.2. The summed E-state index contributed by atoms with van der Waals surface area (Å²) in [4.78, 5) is 11.5. The molecule has 100 valence electrons. The Labute approximate surface area is 115 Å². The highest BCUT2D eigenvalue weighted by Crippen LogP contribution is 2.28. The minimum Gasteiger partial charge on any atom is -0.366 e. The van der Waals surface area contributed by atoms with Gasteiger partial charge in [0.2, 0.25) is 0 Å². The van der Waals surface area contributed by atoms with Crippen molar-refractivity contribution in [3.05, 3.63) is 17.7 Å². The minimum atomic E-state index is 0.347. The Kier molecular flexibility index (Phi) is 4.44. The maximum atomic E-state index is 6.06. The number of hydrogen-bond acceptors (Lipinski definition) is 3. The highest BCUT2D eigenvalue weighted by Gasteiger charge is 2.22. The number of alkyl halides is 1. The second-order valence-corrected chi connectivity index (χ2v) is 5.65. The normalized spacial score (nSPS) is 20.5. The minimum absolute atomic E-state index is 0.347. The standard InChI is InChI=1S/C14H22ClN3/c1-10(2)14-16-9-13(12(8-15)17-14)18-7-5-4-6-11(18)3/h9-11H,4-8H2,1-3H3. The number of hydrogen-bond donors (Lipinski definition) is 0. The average molecular weight is 268 g/mol. The van der Waals surface area contributed by atoms with Crippen molar-refractivity contribution in [1.82, 2.24) is 9.97 Å². The Morgan fingerprint density at radius 1 is 1.44 bits per heavy atom. The van der Waals surface area contributed by atoms with Crippen LogP contribution in [0, 0.1) is 0 Å². The molecular formula is C14H22ClN3. The van der Waals surface area contributed by atoms with Crippen LogP contribution in [-0.2, 0) is 5.88 Å². The van der Waals surface area contributed by atoms with Gasteiger partial charge in [-0.15, -0.1) is 11.6 Å². The first-order chi connectivity index (χ1) is 8.63. The summed E-state index contributed by atoms with van der Waals surface area (Å²) in [5.74, 6) is 1.69. The molecule has 0 amide bonds. The molecule has 18 heavy (non-hydrogen) atoms. The van der Waals surface area contributed by atoms with Gasteiger partial charge in [-0.1, -0.05) is 13.8 Å². The molecule has 0 spiro atoms. The molecule has 0 N–H and O–H groups in total. The van der Waals surface area contributed by atoms with E-state index in [0.29, 0.717) is 17.8 Å². The molecule has 0 radical (unpaired) electrons. The summed E-state index contributed by atoms with van der Waals surface area (Å²) in [5, 5.41) is 0. The Hall–Kier alpha value is -0.830. The van der Waals surface area contributed by atoms with Gasteiger partial charge in [0, 0.05) is 18.5 Å². The van der Waals surface area contributed by atoms with E-state index >= 15 is 0 Å². The first kappa shape index (κ1) is 13.6. The number of halogens is 1. The van der Waals surface area contributed by atoms with Gasteiger partial charge in [0.05, 0.1) is 23.5 Å². The summed E-state index contributed by atoms with van der Waals surface area (Å²) >= 11 is 6.06. The lowest BCUT2D eigenvalue weighted by Crippen LogP contribution is -2.38. The zero-order valence-electron chi connectivity index (χ0n) is 11.5. The van der Waals surface area contributed by atoms with E-state index in [9.17, 15) is 0 Å². The quantitative estimate of drug-likeness (QED) is 0.782. The monoisotopic (exact) mass is 267 g/mol. The molecule has 0 aliphatic carbocycles. The molecule has 2 heterocycles. The van der Waals surface area contributed by atoms with Crippen LogP contribution in [0.5, 0.6) is 0 Å². The molecule has 3 nitrogen and oxygen atoms in total. The SMILES string of the molecule is CC(C)c1ncc(N2CCCCC2C)c(CCl)n1. The van der Waals surface area contributed by atoms with Crippen LogP contribution < -0.4 is 4.90 Å². The fraction of sp³-hybridized carbons (Fsp3) is 0.714. The highest BCUT2D eigenvalue weighted by molar-refractivity contribution is 6.17. The fourth-order valence-electron chi connectivity index (χ4n) is 2.50. The van der Waals surface area contributed by atoms with Crippen LogP contribution in [0.25, 0.3) is 0 Å². The van der Waals surface area contributed by atoms with Gasteiger partial charge in [0.1, 0.15) is 5.82 Å². The maximum Gasteiger partial charge on any atom is 0.131 e. The van der Waals surface area contributed by atoms with Gasteiger partial charge in [-0.05, 0) is 26.2 Å². The first-order valence-electron chi connectivity index (χ1n) is 6.82. The lowest BCUT2D eigenvalue weighted by Gasteiger charge is -2.36. The van der Waals surface area contributed by atoms with E-state index in [-0.39, 0.29) is 0 Å². The lowest BCUT2D eigenvalue weighted by atomic mass is 10.0. The van der Waals surface area contributed by atoms with Gasteiger partial charge in [0.25, 0.3) is 0 Å². The molecule has 1 unspecified atom stereocenters. The zero-order chi connectivity index (χ0) is 13.1. The molecule has 0 aromatic carbocycles. The van der Waals surface area contributed by atoms with Crippen molar-refractivity contribution in [2.45, 2.75) is 57.9 Å². The van der Waals surface area contributed by atoms with E-state index in [2.05, 4.69) is 35.6 Å². The molecule has 0 bridgehead atoms. The molecule has 1 aromatic heterocycles. The largest absolute Gasteiger partial charge is 0.366 e. The van der Waals surface area contributed by atoms with E-state index in [1.807, 2.05) is 6.20 Å². The Morgan fingerprint density at radius 3 is 2.83 bits per heavy atom. The molecular weight excluding hydrogens is 246 g/mol. The topological polar surface area (TPSA) is 29.0 Å². The van der Waals surface area contributed by atoms with Crippen molar-refractivity contribution in [3.8, 4) is 0 Å². The Morgan fingerprint density at radius 2 is 2.22 bits per heavy atom. The predicted molar refractivity (Wildman–Crippen MR) is 76.3 cm³/mol. The summed E-state index contributed by atoms with van der Waals surface area (Å²) in [6, 6.07) is 0.564. The third-order valence-corrected chi connectivity index (χ3v) is 3.87. The summed E-state index contributed by atoms with van der Waals surface area (Å²) in [6.45, 7) is 7.58. The van der Waals surface area contributed by atoms with Crippen LogP contribution in [-0.4, -0.2) is 22.6 Å². The molecule has 1 aromatic rings. The van der Waals surface area contributed by atoms with Crippen molar-refractivity contribution in [1.29, 1.82) is 0 Å². The third kappa shape index (κ3) is 2.77. The van der Waals surface area contributed by atoms with E-state index in [4.69, 9.17) is 11.6 Å². The lowest BCUT2D eigenvalue weighted by molar-refractivity contribution is 0.482. The Bertz CT molecular complexity index is 406. The van der Waals surface area contributed by atoms with Gasteiger partial charge >= 0.3 is 0 Å². The molecule has 0 saturated carbocycles. The van der Waals surface area contributed by atoms with E-state index < -0.39 is 0 Å². The maximum absolute atomic E-state index is 6.06. The molecule has 1 fully saturated rings. The molecule has 1 atom stereocenters. The van der Waals surface area contributed by atoms with Crippen LogP contribution in [0.3, 0.4) is 0 Å². The second-order valence-electron chi connectivity index (χ2n) is 5.39. The van der Waals surface area contributed by atoms with Crippen LogP contribution in [0.4, 0.5) is 5.69 Å². The number of aromatic nitrogens is 2. The summed E-state index contributed by atoms with van der Waals surface area (Å²) in [5.41, 5.74) is 2.10. The number of anilines is 1. The van der Waals surface area contributed by atoms with E-state index in [0.717, 1.165) is 23.8 Å². The smallest absolute Gasteiger partial charge is 0.131 e. The molecule has 1 saturated heterocycles. The van der Waals surface area contributed by atoms with Crippen molar-refractivity contribution in [2.75, 3.05) is 11.4 Å². The van der Waals surface area contributed by atoms with Crippen molar-refractivity contribution in [3.63, 3.8) is 0 Å². The fourth-order valence-corrected chi connectivity index (χ4v) is 2.70. The van der Waals surface area contributed by atoms with Crippen LogP contribution >= 0.6 is 11.6 Å². The van der Waals surface area contributed by atoms with Gasteiger partial charge < -0.3 is 4.90 Å². The van der Waals surface area contributed by atoms with E-state index in [1.165, 1.54) is 19.3 Å². The summed E-state index contributed by atoms with van der Waals surface area (Å²) < 4.78 is 0. The highest BCUT2D eigenvalue weighted by atomic mass is 35.5. The number of nitrogens with zero attached hydrogens (tertiary/aromatic N) is 3. The molecule has 4 heteroatoms. The van der Waals surface area contributed by atoms with Gasteiger partial charge in [-0.25, -0.2) is 9.97 Å². The van der Waals surface area contributed by atoms with Crippen molar-refractivity contribution in [2.24, 2.45) is 0 Å². The number of piperidine rings is 1. The van der Waals surface area contributed by atoms with Crippen molar-refractivity contribution >= 4 is 17.3 Å².